The molecule has 0 N–H and O–H groups in total. The Hall–Kier alpha value is -1.21. The molecule has 0 aromatic carbocycles. The molecule has 0 atom stereocenters. The number of hydrogen-bond donors (Lipinski definition) is 0. The summed E-state index contributed by atoms with van der Waals surface area (Å²) in [5.41, 5.74) is 0. The molecule has 0 radical (unpaired) electrons. The molecule has 0 unspecified atom stereocenters. The summed E-state index contributed by atoms with van der Waals surface area (Å²) < 4.78 is 5.52. The highest BCUT2D eigenvalue weighted by molar-refractivity contribution is 9.10. The maximum atomic E-state index is 11.1. The number of anilines is 1. The van der Waals surface area contributed by atoms with Crippen molar-refractivity contribution < 1.29 is 9.53 Å². The Morgan fingerprint density at radius 1 is 1.32 bits per heavy atom. The summed E-state index contributed by atoms with van der Waals surface area (Å²) in [7, 11) is 1.42. The first-order valence-corrected chi connectivity index (χ1v) is 7.00. The summed E-state index contributed by atoms with van der Waals surface area (Å²) in [6.07, 6.45) is 3.96. The van der Waals surface area contributed by atoms with Gasteiger partial charge in [0, 0.05) is 45.1 Å². The standard InChI is InChI=1S/C12H17BrN4O2/c1-19-11(18)2-3-16-4-6-17(7-5-16)12-14-8-10(13)9-15-12/h8-9H,2-7H2,1H3. The zero-order valence-electron chi connectivity index (χ0n) is 10.9. The molecule has 1 saturated heterocycles. The lowest BCUT2D eigenvalue weighted by molar-refractivity contribution is -0.141. The molecule has 0 spiro atoms. The SMILES string of the molecule is COC(=O)CCN1CCN(c2ncc(Br)cn2)CC1. The molecule has 0 amide bonds. The number of halogens is 1. The van der Waals surface area contributed by atoms with E-state index in [1.54, 1.807) is 12.4 Å². The molecule has 104 valence electrons. The van der Waals surface area contributed by atoms with Crippen molar-refractivity contribution in [1.82, 2.24) is 14.9 Å². The van der Waals surface area contributed by atoms with Crippen LogP contribution in [-0.2, 0) is 9.53 Å². The van der Waals surface area contributed by atoms with Crippen molar-refractivity contribution in [3.05, 3.63) is 16.9 Å². The lowest BCUT2D eigenvalue weighted by atomic mass is 10.3. The third-order valence-corrected chi connectivity index (χ3v) is 3.53. The van der Waals surface area contributed by atoms with Crippen molar-refractivity contribution in [3.63, 3.8) is 0 Å². The van der Waals surface area contributed by atoms with Crippen molar-refractivity contribution in [1.29, 1.82) is 0 Å². The van der Waals surface area contributed by atoms with E-state index < -0.39 is 0 Å². The molecule has 1 aromatic heterocycles. The highest BCUT2D eigenvalue weighted by Gasteiger charge is 2.19. The fourth-order valence-corrected chi connectivity index (χ4v) is 2.20. The van der Waals surface area contributed by atoms with Gasteiger partial charge in [-0.3, -0.25) is 9.69 Å². The number of rotatable bonds is 4. The van der Waals surface area contributed by atoms with E-state index in [1.165, 1.54) is 7.11 Å². The van der Waals surface area contributed by atoms with Crippen molar-refractivity contribution >= 4 is 27.8 Å². The first-order valence-electron chi connectivity index (χ1n) is 6.20. The topological polar surface area (TPSA) is 58.6 Å². The molecule has 0 saturated carbocycles. The second-order valence-corrected chi connectivity index (χ2v) is 5.27. The Morgan fingerprint density at radius 3 is 2.53 bits per heavy atom. The first-order chi connectivity index (χ1) is 9.19. The molecule has 1 aromatic rings. The average Bonchev–Trinajstić information content (AvgIpc) is 2.46. The zero-order chi connectivity index (χ0) is 13.7. The van der Waals surface area contributed by atoms with E-state index in [9.17, 15) is 4.79 Å². The molecular formula is C12H17BrN4O2. The van der Waals surface area contributed by atoms with Gasteiger partial charge in [0.2, 0.25) is 5.95 Å². The molecular weight excluding hydrogens is 312 g/mol. The van der Waals surface area contributed by atoms with Crippen molar-refractivity contribution in [2.75, 3.05) is 44.7 Å². The van der Waals surface area contributed by atoms with E-state index >= 15 is 0 Å². The van der Waals surface area contributed by atoms with Crippen LogP contribution >= 0.6 is 15.9 Å². The highest BCUT2D eigenvalue weighted by atomic mass is 79.9. The van der Waals surface area contributed by atoms with Gasteiger partial charge in [-0.05, 0) is 15.9 Å². The van der Waals surface area contributed by atoms with Crippen LogP contribution in [-0.4, -0.2) is 60.7 Å². The second-order valence-electron chi connectivity index (χ2n) is 4.36. The van der Waals surface area contributed by atoms with Gasteiger partial charge in [-0.2, -0.15) is 0 Å². The molecule has 1 aliphatic rings. The summed E-state index contributed by atoms with van der Waals surface area (Å²) in [6.45, 7) is 4.33. The van der Waals surface area contributed by atoms with Gasteiger partial charge in [0.1, 0.15) is 0 Å². The van der Waals surface area contributed by atoms with Crippen LogP contribution in [0.2, 0.25) is 0 Å². The van der Waals surface area contributed by atoms with Gasteiger partial charge < -0.3 is 9.64 Å². The summed E-state index contributed by atoms with van der Waals surface area (Å²) in [5.74, 6) is 0.606. The molecule has 0 aliphatic carbocycles. The minimum atomic E-state index is -0.154. The molecule has 1 aliphatic heterocycles. The highest BCUT2D eigenvalue weighted by Crippen LogP contribution is 2.13. The summed E-state index contributed by atoms with van der Waals surface area (Å²) in [6, 6.07) is 0. The van der Waals surface area contributed by atoms with Gasteiger partial charge >= 0.3 is 5.97 Å². The number of methoxy groups -OCH3 is 1. The van der Waals surface area contributed by atoms with E-state index in [0.717, 1.165) is 43.1 Å². The van der Waals surface area contributed by atoms with Gasteiger partial charge in [0.25, 0.3) is 0 Å². The third kappa shape index (κ3) is 4.14. The summed E-state index contributed by atoms with van der Waals surface area (Å²) in [5, 5.41) is 0. The number of ether oxygens (including phenoxy) is 1. The summed E-state index contributed by atoms with van der Waals surface area (Å²) in [4.78, 5) is 24.1. The van der Waals surface area contributed by atoms with E-state index in [2.05, 4.69) is 40.4 Å². The number of carbonyl (C=O) groups is 1. The van der Waals surface area contributed by atoms with E-state index in [4.69, 9.17) is 0 Å². The molecule has 19 heavy (non-hydrogen) atoms. The lowest BCUT2D eigenvalue weighted by Gasteiger charge is -2.34. The predicted molar refractivity (Wildman–Crippen MR) is 75.0 cm³/mol. The number of piperazine rings is 1. The molecule has 7 heteroatoms. The number of aromatic nitrogens is 2. The predicted octanol–water partition coefficient (Wildman–Crippen LogP) is 0.924. The van der Waals surface area contributed by atoms with Crippen LogP contribution in [0.3, 0.4) is 0 Å². The van der Waals surface area contributed by atoms with Crippen LogP contribution in [0.25, 0.3) is 0 Å². The molecule has 1 fully saturated rings. The molecule has 6 nitrogen and oxygen atoms in total. The van der Waals surface area contributed by atoms with Crippen LogP contribution in [0.5, 0.6) is 0 Å². The minimum Gasteiger partial charge on any atom is -0.469 e. The fourth-order valence-electron chi connectivity index (χ4n) is 1.99. The van der Waals surface area contributed by atoms with Gasteiger partial charge in [0.15, 0.2) is 0 Å². The number of hydrogen-bond acceptors (Lipinski definition) is 6. The van der Waals surface area contributed by atoms with Gasteiger partial charge in [-0.15, -0.1) is 0 Å². The quantitative estimate of drug-likeness (QED) is 0.766. The fraction of sp³-hybridized carbons (Fsp3) is 0.583. The van der Waals surface area contributed by atoms with E-state index in [0.29, 0.717) is 6.42 Å². The largest absolute Gasteiger partial charge is 0.469 e. The lowest BCUT2D eigenvalue weighted by Crippen LogP contribution is -2.47. The minimum absolute atomic E-state index is 0.154. The Labute approximate surface area is 120 Å². The average molecular weight is 329 g/mol. The smallest absolute Gasteiger partial charge is 0.306 e. The molecule has 2 rings (SSSR count). The van der Waals surface area contributed by atoms with Crippen molar-refractivity contribution in [2.24, 2.45) is 0 Å². The van der Waals surface area contributed by atoms with Gasteiger partial charge in [-0.1, -0.05) is 0 Å². The number of carbonyl (C=O) groups excluding carboxylic acids is 1. The Kier molecular flexibility index (Phi) is 5.09. The monoisotopic (exact) mass is 328 g/mol. The van der Waals surface area contributed by atoms with Gasteiger partial charge in [0.05, 0.1) is 18.0 Å². The van der Waals surface area contributed by atoms with Crippen LogP contribution in [0.4, 0.5) is 5.95 Å². The maximum Gasteiger partial charge on any atom is 0.306 e. The van der Waals surface area contributed by atoms with E-state index in [-0.39, 0.29) is 5.97 Å². The van der Waals surface area contributed by atoms with Crippen LogP contribution in [0, 0.1) is 0 Å². The normalized spacial score (nSPS) is 16.4. The number of esters is 1. The Balaban J connectivity index is 1.79. The van der Waals surface area contributed by atoms with Crippen LogP contribution in [0.15, 0.2) is 16.9 Å². The summed E-state index contributed by atoms with van der Waals surface area (Å²) >= 11 is 3.32. The second kappa shape index (κ2) is 6.81. The third-order valence-electron chi connectivity index (χ3n) is 3.12. The Morgan fingerprint density at radius 2 is 1.95 bits per heavy atom. The zero-order valence-corrected chi connectivity index (χ0v) is 12.5. The van der Waals surface area contributed by atoms with Crippen molar-refractivity contribution in [3.8, 4) is 0 Å². The van der Waals surface area contributed by atoms with Crippen molar-refractivity contribution in [2.45, 2.75) is 6.42 Å². The van der Waals surface area contributed by atoms with Crippen LogP contribution in [0.1, 0.15) is 6.42 Å². The Bertz CT molecular complexity index is 418. The van der Waals surface area contributed by atoms with E-state index in [1.807, 2.05) is 0 Å². The van der Waals surface area contributed by atoms with Gasteiger partial charge in [-0.25, -0.2) is 9.97 Å². The van der Waals surface area contributed by atoms with Crippen LogP contribution < -0.4 is 4.90 Å². The first kappa shape index (κ1) is 14.2. The number of nitrogens with zero attached hydrogens (tertiary/aromatic N) is 4. The molecule has 0 bridgehead atoms. The molecule has 2 heterocycles. The maximum absolute atomic E-state index is 11.1.